The van der Waals surface area contributed by atoms with Crippen LogP contribution in [0.1, 0.15) is 47.1 Å². The van der Waals surface area contributed by atoms with E-state index in [1.807, 2.05) is 43.2 Å². The molecule has 0 fully saturated rings. The monoisotopic (exact) mass is 349 g/mol. The predicted octanol–water partition coefficient (Wildman–Crippen LogP) is 4.86. The van der Waals surface area contributed by atoms with Gasteiger partial charge in [0.2, 0.25) is 0 Å². The minimum atomic E-state index is -0.417. The van der Waals surface area contributed by atoms with E-state index in [9.17, 15) is 9.59 Å². The molecule has 2 aromatic rings. The van der Waals surface area contributed by atoms with Crippen molar-refractivity contribution < 1.29 is 9.59 Å². The Hall–Kier alpha value is -2.46. The van der Waals surface area contributed by atoms with Crippen LogP contribution in [0.25, 0.3) is 11.1 Å². The number of benzene rings is 1. The fraction of sp³-hybridized carbons (Fsp3) is 0.238. The Morgan fingerprint density at radius 3 is 2.60 bits per heavy atom. The van der Waals surface area contributed by atoms with Gasteiger partial charge in [0.05, 0.1) is 21.7 Å². The number of aryl methyl sites for hydroxylation is 1. The van der Waals surface area contributed by atoms with E-state index >= 15 is 0 Å². The van der Waals surface area contributed by atoms with Crippen LogP contribution in [0.4, 0.5) is 5.69 Å². The summed E-state index contributed by atoms with van der Waals surface area (Å²) in [5.41, 5.74) is 5.21. The Kier molecular flexibility index (Phi) is 3.38. The first-order chi connectivity index (χ1) is 11.8. The third-order valence-corrected chi connectivity index (χ3v) is 5.70. The normalized spacial score (nSPS) is 19.2. The lowest BCUT2D eigenvalue weighted by molar-refractivity contribution is -0.113. The molecule has 1 amide bonds. The largest absolute Gasteiger partial charge is 0.298 e. The van der Waals surface area contributed by atoms with Crippen LogP contribution in [0.5, 0.6) is 0 Å². The molecule has 0 saturated heterocycles. The minimum Gasteiger partial charge on any atom is -0.298 e. The molecular weight excluding hydrogens is 330 g/mol. The maximum absolute atomic E-state index is 13.2. The summed E-state index contributed by atoms with van der Waals surface area (Å²) in [5, 5.41) is 1.87. The molecule has 0 unspecified atom stereocenters. The second-order valence-corrected chi connectivity index (χ2v) is 8.18. The number of anilines is 1. The molecule has 0 atom stereocenters. The molecule has 3 nitrogen and oxygen atoms in total. The first kappa shape index (κ1) is 16.0. The van der Waals surface area contributed by atoms with E-state index < -0.39 is 5.54 Å². The average Bonchev–Trinajstić information content (AvgIpc) is 3.14. The van der Waals surface area contributed by atoms with Crippen LogP contribution in [0.2, 0.25) is 0 Å². The lowest BCUT2D eigenvalue weighted by atomic mass is 9.88. The van der Waals surface area contributed by atoms with Crippen LogP contribution >= 0.6 is 11.3 Å². The molecule has 1 aromatic heterocycles. The number of allylic oxidation sites excluding steroid dienone is 2. The van der Waals surface area contributed by atoms with Crippen molar-refractivity contribution in [3.05, 3.63) is 63.4 Å². The number of carbonyl (C=O) groups excluding carboxylic acids is 2. The molecule has 3 heterocycles. The molecule has 0 saturated carbocycles. The van der Waals surface area contributed by atoms with Gasteiger partial charge in [0.15, 0.2) is 5.78 Å². The van der Waals surface area contributed by atoms with Crippen molar-refractivity contribution in [3.63, 3.8) is 0 Å². The molecule has 2 aliphatic rings. The van der Waals surface area contributed by atoms with E-state index in [2.05, 4.69) is 19.1 Å². The standard InChI is InChI=1S/C21H19NO2S/c1-12-8-14-13(2)11-21(3,4)22-19(14)15(9-12)16(20(22)24)10-17(23)18-6-5-7-25-18/h5-11H,1-4H3. The summed E-state index contributed by atoms with van der Waals surface area (Å²) in [6.07, 6.45) is 3.63. The predicted molar refractivity (Wildman–Crippen MR) is 103 cm³/mol. The summed E-state index contributed by atoms with van der Waals surface area (Å²) < 4.78 is 0. The SMILES string of the molecule is CC1=CC(C)(C)N2C(=O)C(=CC(=O)c3cccs3)c3cc(C)cc1c32. The Morgan fingerprint density at radius 2 is 1.92 bits per heavy atom. The van der Waals surface area contributed by atoms with Crippen LogP contribution in [-0.4, -0.2) is 17.2 Å². The molecule has 0 bridgehead atoms. The Bertz CT molecular complexity index is 978. The zero-order valence-electron chi connectivity index (χ0n) is 14.7. The summed E-state index contributed by atoms with van der Waals surface area (Å²) in [6.45, 7) is 8.17. The fourth-order valence-corrected chi connectivity index (χ4v) is 4.48. The molecule has 4 heteroatoms. The average molecular weight is 349 g/mol. The van der Waals surface area contributed by atoms with Gasteiger partial charge in [0, 0.05) is 17.2 Å². The van der Waals surface area contributed by atoms with Crippen LogP contribution < -0.4 is 4.90 Å². The van der Waals surface area contributed by atoms with Gasteiger partial charge < -0.3 is 0 Å². The Morgan fingerprint density at radius 1 is 1.20 bits per heavy atom. The van der Waals surface area contributed by atoms with E-state index in [0.717, 1.165) is 22.4 Å². The number of hydrogen-bond acceptors (Lipinski definition) is 3. The van der Waals surface area contributed by atoms with Gasteiger partial charge in [-0.1, -0.05) is 12.1 Å². The van der Waals surface area contributed by atoms with Crippen LogP contribution in [0, 0.1) is 6.92 Å². The number of ketones is 1. The molecule has 0 radical (unpaired) electrons. The number of nitrogens with zero attached hydrogens (tertiary/aromatic N) is 1. The number of carbonyl (C=O) groups is 2. The topological polar surface area (TPSA) is 37.4 Å². The molecular formula is C21H19NO2S. The number of hydrogen-bond donors (Lipinski definition) is 0. The molecule has 25 heavy (non-hydrogen) atoms. The van der Waals surface area contributed by atoms with Crippen molar-refractivity contribution in [1.82, 2.24) is 0 Å². The zero-order valence-corrected chi connectivity index (χ0v) is 15.5. The Labute approximate surface area is 151 Å². The summed E-state index contributed by atoms with van der Waals surface area (Å²) in [6, 6.07) is 7.76. The van der Waals surface area contributed by atoms with E-state index in [-0.39, 0.29) is 11.7 Å². The van der Waals surface area contributed by atoms with Gasteiger partial charge >= 0.3 is 0 Å². The molecule has 0 N–H and O–H groups in total. The summed E-state index contributed by atoms with van der Waals surface area (Å²) >= 11 is 1.39. The van der Waals surface area contributed by atoms with Crippen molar-refractivity contribution in [3.8, 4) is 0 Å². The van der Waals surface area contributed by atoms with Crippen molar-refractivity contribution in [1.29, 1.82) is 0 Å². The molecule has 126 valence electrons. The van der Waals surface area contributed by atoms with Crippen LogP contribution in [0.15, 0.2) is 41.8 Å². The maximum atomic E-state index is 13.2. The second kappa shape index (κ2) is 5.27. The molecule has 4 rings (SSSR count). The van der Waals surface area contributed by atoms with Crippen LogP contribution in [0.3, 0.4) is 0 Å². The van der Waals surface area contributed by atoms with E-state index in [1.165, 1.54) is 23.0 Å². The quantitative estimate of drug-likeness (QED) is 0.573. The lowest BCUT2D eigenvalue weighted by Crippen LogP contribution is -2.46. The van der Waals surface area contributed by atoms with Gasteiger partial charge in [-0.05, 0) is 62.4 Å². The molecule has 1 aromatic carbocycles. The highest BCUT2D eigenvalue weighted by Crippen LogP contribution is 2.49. The van der Waals surface area contributed by atoms with E-state index in [1.54, 1.807) is 6.07 Å². The van der Waals surface area contributed by atoms with Crippen LogP contribution in [-0.2, 0) is 4.79 Å². The third-order valence-electron chi connectivity index (χ3n) is 4.81. The Balaban J connectivity index is 1.95. The zero-order chi connectivity index (χ0) is 17.9. The number of rotatable bonds is 2. The summed E-state index contributed by atoms with van der Waals surface area (Å²) in [5.74, 6) is -0.212. The minimum absolute atomic E-state index is 0.0968. The van der Waals surface area contributed by atoms with Crippen molar-refractivity contribution in [2.24, 2.45) is 0 Å². The molecule has 0 spiro atoms. The summed E-state index contributed by atoms with van der Waals surface area (Å²) in [7, 11) is 0. The summed E-state index contributed by atoms with van der Waals surface area (Å²) in [4.78, 5) is 28.3. The highest BCUT2D eigenvalue weighted by atomic mass is 32.1. The lowest BCUT2D eigenvalue weighted by Gasteiger charge is -2.38. The van der Waals surface area contributed by atoms with Crippen molar-refractivity contribution in [2.75, 3.05) is 4.90 Å². The third kappa shape index (κ3) is 2.32. The van der Waals surface area contributed by atoms with Crippen molar-refractivity contribution >= 4 is 39.9 Å². The van der Waals surface area contributed by atoms with E-state index in [0.29, 0.717) is 10.5 Å². The number of amides is 1. The van der Waals surface area contributed by atoms with Gasteiger partial charge in [0.1, 0.15) is 0 Å². The van der Waals surface area contributed by atoms with Gasteiger partial charge in [-0.3, -0.25) is 14.5 Å². The second-order valence-electron chi connectivity index (χ2n) is 7.23. The molecule has 0 aliphatic carbocycles. The maximum Gasteiger partial charge on any atom is 0.259 e. The van der Waals surface area contributed by atoms with Gasteiger partial charge in [-0.2, -0.15) is 0 Å². The first-order valence-corrected chi connectivity index (χ1v) is 9.16. The van der Waals surface area contributed by atoms with Gasteiger partial charge in [-0.25, -0.2) is 0 Å². The van der Waals surface area contributed by atoms with E-state index in [4.69, 9.17) is 0 Å². The highest BCUT2D eigenvalue weighted by molar-refractivity contribution is 7.12. The fourth-order valence-electron chi connectivity index (χ4n) is 3.85. The highest BCUT2D eigenvalue weighted by Gasteiger charge is 2.44. The molecule has 2 aliphatic heterocycles. The number of thiophene rings is 1. The smallest absolute Gasteiger partial charge is 0.259 e. The van der Waals surface area contributed by atoms with Crippen molar-refractivity contribution in [2.45, 2.75) is 33.2 Å². The van der Waals surface area contributed by atoms with Gasteiger partial charge in [-0.15, -0.1) is 11.3 Å². The first-order valence-electron chi connectivity index (χ1n) is 8.28. The van der Waals surface area contributed by atoms with Gasteiger partial charge in [0.25, 0.3) is 5.91 Å².